The molecule has 0 spiro atoms. The van der Waals surface area contributed by atoms with Gasteiger partial charge >= 0.3 is 0 Å². The van der Waals surface area contributed by atoms with Crippen LogP contribution >= 0.6 is 0 Å². The number of nitrogens with zero attached hydrogens (tertiary/aromatic N) is 4. The Morgan fingerprint density at radius 3 is 1.62 bits per heavy atom. The molecule has 6 heteroatoms. The zero-order chi connectivity index (χ0) is 31.6. The van der Waals surface area contributed by atoms with E-state index in [4.69, 9.17) is 23.8 Å². The van der Waals surface area contributed by atoms with Gasteiger partial charge in [0.25, 0.3) is 0 Å². The minimum atomic E-state index is 0.586. The van der Waals surface area contributed by atoms with Crippen molar-refractivity contribution in [1.82, 2.24) is 19.9 Å². The van der Waals surface area contributed by atoms with Gasteiger partial charge in [0.15, 0.2) is 23.1 Å². The number of aromatic nitrogens is 4. The van der Waals surface area contributed by atoms with E-state index in [1.54, 1.807) is 6.20 Å². The molecule has 4 aromatic heterocycles. The van der Waals surface area contributed by atoms with Crippen molar-refractivity contribution < 1.29 is 8.83 Å². The molecule has 0 bridgehead atoms. The number of furan rings is 2. The predicted octanol–water partition coefficient (Wildman–Crippen LogP) is 10.9. The van der Waals surface area contributed by atoms with Crippen LogP contribution in [0.4, 0.5) is 0 Å². The molecule has 0 N–H and O–H groups in total. The lowest BCUT2D eigenvalue weighted by Gasteiger charge is -2.13. The van der Waals surface area contributed by atoms with Gasteiger partial charge in [-0.05, 0) is 34.5 Å². The first kappa shape index (κ1) is 26.5. The Bertz CT molecular complexity index is 2850. The van der Waals surface area contributed by atoms with Crippen molar-refractivity contribution in [3.05, 3.63) is 146 Å². The minimum Gasteiger partial charge on any atom is -0.456 e. The fourth-order valence-electron chi connectivity index (χ4n) is 6.92. The van der Waals surface area contributed by atoms with Crippen LogP contribution in [0.5, 0.6) is 0 Å². The summed E-state index contributed by atoms with van der Waals surface area (Å²) in [6.45, 7) is 0. The highest BCUT2D eigenvalue weighted by Gasteiger charge is 2.20. The Hall–Kier alpha value is -6.66. The van der Waals surface area contributed by atoms with Crippen molar-refractivity contribution in [1.29, 1.82) is 0 Å². The summed E-state index contributed by atoms with van der Waals surface area (Å²) in [5.41, 5.74) is 8.02. The molecule has 0 fully saturated rings. The zero-order valence-corrected chi connectivity index (χ0v) is 25.5. The van der Waals surface area contributed by atoms with E-state index in [0.29, 0.717) is 17.5 Å². The molecule has 0 aliphatic rings. The van der Waals surface area contributed by atoms with Gasteiger partial charge in [-0.1, -0.05) is 115 Å². The first-order chi connectivity index (χ1) is 23.8. The molecule has 0 amide bonds. The van der Waals surface area contributed by atoms with Crippen LogP contribution in [0.15, 0.2) is 155 Å². The highest BCUT2D eigenvalue weighted by molar-refractivity contribution is 6.16. The van der Waals surface area contributed by atoms with Gasteiger partial charge in [-0.2, -0.15) is 0 Å². The van der Waals surface area contributed by atoms with Gasteiger partial charge in [0.05, 0.1) is 6.20 Å². The van der Waals surface area contributed by atoms with Crippen LogP contribution in [0.3, 0.4) is 0 Å². The van der Waals surface area contributed by atoms with E-state index >= 15 is 0 Å². The normalized spacial score (nSPS) is 11.8. The topological polar surface area (TPSA) is 77.8 Å². The Morgan fingerprint density at radius 2 is 0.854 bits per heavy atom. The second-order valence-corrected chi connectivity index (χ2v) is 11.8. The monoisotopic (exact) mass is 616 g/mol. The van der Waals surface area contributed by atoms with Crippen molar-refractivity contribution in [2.75, 3.05) is 0 Å². The molecule has 6 aromatic carbocycles. The summed E-state index contributed by atoms with van der Waals surface area (Å²) < 4.78 is 12.4. The lowest BCUT2D eigenvalue weighted by atomic mass is 9.94. The Labute approximate surface area is 274 Å². The van der Waals surface area contributed by atoms with Crippen molar-refractivity contribution in [3.63, 3.8) is 0 Å². The van der Waals surface area contributed by atoms with E-state index in [1.165, 1.54) is 0 Å². The Morgan fingerprint density at radius 1 is 0.333 bits per heavy atom. The van der Waals surface area contributed by atoms with E-state index in [9.17, 15) is 0 Å². The summed E-state index contributed by atoms with van der Waals surface area (Å²) in [5, 5.41) is 6.22. The molecule has 0 unspecified atom stereocenters. The average Bonchev–Trinajstić information content (AvgIpc) is 3.73. The third-order valence-corrected chi connectivity index (χ3v) is 9.05. The molecule has 0 saturated carbocycles. The third kappa shape index (κ3) is 4.06. The van der Waals surface area contributed by atoms with Gasteiger partial charge in [0, 0.05) is 50.0 Å². The summed E-state index contributed by atoms with van der Waals surface area (Å²) in [4.78, 5) is 19.9. The molecule has 10 aromatic rings. The highest BCUT2D eigenvalue weighted by atomic mass is 16.3. The summed E-state index contributed by atoms with van der Waals surface area (Å²) in [6, 6.07) is 45.0. The van der Waals surface area contributed by atoms with Crippen LogP contribution in [0.2, 0.25) is 0 Å². The van der Waals surface area contributed by atoms with Crippen molar-refractivity contribution in [2.24, 2.45) is 0 Å². The van der Waals surface area contributed by atoms with Crippen LogP contribution in [0.1, 0.15) is 0 Å². The van der Waals surface area contributed by atoms with Crippen LogP contribution in [0.25, 0.3) is 99.9 Å². The summed E-state index contributed by atoms with van der Waals surface area (Å²) in [6.07, 6.45) is 3.72. The highest BCUT2D eigenvalue weighted by Crippen LogP contribution is 2.41. The van der Waals surface area contributed by atoms with Crippen LogP contribution in [-0.4, -0.2) is 19.9 Å². The maximum Gasteiger partial charge on any atom is 0.164 e. The van der Waals surface area contributed by atoms with Gasteiger partial charge in [0.2, 0.25) is 0 Å². The number of hydrogen-bond donors (Lipinski definition) is 0. The second kappa shape index (κ2) is 10.4. The van der Waals surface area contributed by atoms with E-state index in [0.717, 1.165) is 82.5 Å². The molecule has 4 heterocycles. The molecular formula is C42H24N4O2. The smallest absolute Gasteiger partial charge is 0.164 e. The van der Waals surface area contributed by atoms with Crippen molar-refractivity contribution >= 4 is 54.6 Å². The fourth-order valence-corrected chi connectivity index (χ4v) is 6.92. The molecule has 0 saturated heterocycles. The van der Waals surface area contributed by atoms with Crippen LogP contribution < -0.4 is 0 Å². The maximum atomic E-state index is 6.23. The first-order valence-corrected chi connectivity index (χ1v) is 15.8. The standard InChI is InChI=1S/C42H24N4O2/c1-2-11-25(12-3-1)40-44-41(46-42(45-40)32-19-10-22-36-38(32)30-13-4-6-20-34(30)47-36)29-18-9-15-26-27(29)16-8-17-28(26)33-23-43-24-37-39(33)31-14-5-7-21-35(31)48-37/h1-24H. The summed E-state index contributed by atoms with van der Waals surface area (Å²) >= 11 is 0. The molecule has 0 aliphatic heterocycles. The molecule has 10 rings (SSSR count). The number of para-hydroxylation sites is 2. The van der Waals surface area contributed by atoms with Gasteiger partial charge < -0.3 is 8.83 Å². The first-order valence-electron chi connectivity index (χ1n) is 15.8. The molecule has 6 nitrogen and oxygen atoms in total. The zero-order valence-electron chi connectivity index (χ0n) is 25.5. The number of rotatable bonds is 4. The fraction of sp³-hybridized carbons (Fsp3) is 0. The molecule has 0 radical (unpaired) electrons. The number of hydrogen-bond acceptors (Lipinski definition) is 6. The van der Waals surface area contributed by atoms with Crippen LogP contribution in [-0.2, 0) is 0 Å². The lowest BCUT2D eigenvalue weighted by molar-refractivity contribution is 0.667. The van der Waals surface area contributed by atoms with E-state index in [2.05, 4.69) is 59.6 Å². The largest absolute Gasteiger partial charge is 0.456 e. The summed E-state index contributed by atoms with van der Waals surface area (Å²) in [7, 11) is 0. The Kier molecular flexibility index (Phi) is 5.77. The number of fused-ring (bicyclic) bond motifs is 7. The average molecular weight is 617 g/mol. The SMILES string of the molecule is c1ccc(-c2nc(-c3cccc4c(-c5cncc6oc7ccccc7c56)cccc34)nc(-c3cccc4oc5ccccc5c34)n2)cc1. The molecule has 48 heavy (non-hydrogen) atoms. The van der Waals surface area contributed by atoms with Crippen molar-refractivity contribution in [3.8, 4) is 45.3 Å². The van der Waals surface area contributed by atoms with Gasteiger partial charge in [0.1, 0.15) is 16.7 Å². The minimum absolute atomic E-state index is 0.586. The molecule has 0 atom stereocenters. The van der Waals surface area contributed by atoms with E-state index in [1.807, 2.05) is 85.1 Å². The molecule has 224 valence electrons. The van der Waals surface area contributed by atoms with E-state index < -0.39 is 0 Å². The molecule has 0 aliphatic carbocycles. The number of pyridine rings is 1. The second-order valence-electron chi connectivity index (χ2n) is 11.8. The summed E-state index contributed by atoms with van der Waals surface area (Å²) in [5.74, 6) is 1.78. The van der Waals surface area contributed by atoms with E-state index in [-0.39, 0.29) is 0 Å². The van der Waals surface area contributed by atoms with Gasteiger partial charge in [-0.25, -0.2) is 15.0 Å². The predicted molar refractivity (Wildman–Crippen MR) is 191 cm³/mol. The quantitative estimate of drug-likeness (QED) is 0.196. The van der Waals surface area contributed by atoms with Gasteiger partial charge in [-0.15, -0.1) is 0 Å². The Balaban J connectivity index is 1.23. The van der Waals surface area contributed by atoms with Gasteiger partial charge in [-0.3, -0.25) is 4.98 Å². The molecular weight excluding hydrogens is 592 g/mol. The maximum absolute atomic E-state index is 6.23. The number of benzene rings is 6. The van der Waals surface area contributed by atoms with Crippen LogP contribution in [0, 0.1) is 0 Å². The lowest BCUT2D eigenvalue weighted by Crippen LogP contribution is -2.01. The van der Waals surface area contributed by atoms with Crippen molar-refractivity contribution in [2.45, 2.75) is 0 Å². The third-order valence-electron chi connectivity index (χ3n) is 9.05.